The average Bonchev–Trinajstić information content (AvgIpc) is 2.69. The summed E-state index contributed by atoms with van der Waals surface area (Å²) in [5.74, 6) is -1.38. The predicted molar refractivity (Wildman–Crippen MR) is 111 cm³/mol. The average molecular weight is 428 g/mol. The maximum Gasteiger partial charge on any atom is 0.408 e. The highest BCUT2D eigenvalue weighted by molar-refractivity contribution is 7.54. The number of ether oxygens (including phenoxy) is 1. The number of rotatable bonds is 11. The van der Waals surface area contributed by atoms with Crippen LogP contribution in [0.1, 0.15) is 39.7 Å². The quantitative estimate of drug-likeness (QED) is 0.518. The lowest BCUT2D eigenvalue weighted by atomic mass is 10.0. The van der Waals surface area contributed by atoms with Gasteiger partial charge in [0.1, 0.15) is 18.4 Å². The summed E-state index contributed by atoms with van der Waals surface area (Å²) < 4.78 is 28.2. The molecule has 0 aliphatic carbocycles. The van der Waals surface area contributed by atoms with Gasteiger partial charge in [0.15, 0.2) is 0 Å². The van der Waals surface area contributed by atoms with Crippen LogP contribution in [0.3, 0.4) is 0 Å². The number of carbonyl (C=O) groups is 2. The van der Waals surface area contributed by atoms with E-state index in [1.807, 2.05) is 44.2 Å². The second kappa shape index (κ2) is 12.0. The van der Waals surface area contributed by atoms with Crippen molar-refractivity contribution >= 4 is 19.6 Å². The van der Waals surface area contributed by atoms with Crippen molar-refractivity contribution in [2.45, 2.75) is 52.5 Å². The van der Waals surface area contributed by atoms with Gasteiger partial charge in [0.25, 0.3) is 0 Å². The second-order valence-electron chi connectivity index (χ2n) is 7.49. The summed E-state index contributed by atoms with van der Waals surface area (Å²) in [6, 6.07) is 8.37. The molecule has 2 amide bonds. The van der Waals surface area contributed by atoms with Crippen LogP contribution in [0.25, 0.3) is 0 Å². The second-order valence-corrected chi connectivity index (χ2v) is 9.92. The van der Waals surface area contributed by atoms with Gasteiger partial charge in [0, 0.05) is 14.2 Å². The molecular weight excluding hydrogens is 395 g/mol. The third-order valence-corrected chi connectivity index (χ3v) is 6.45. The predicted octanol–water partition coefficient (Wildman–Crippen LogP) is 3.91. The summed E-state index contributed by atoms with van der Waals surface area (Å²) in [7, 11) is -0.971. The first-order valence-electron chi connectivity index (χ1n) is 9.61. The zero-order valence-electron chi connectivity index (χ0n) is 18.0. The molecule has 0 aromatic heterocycles. The number of hydrogen-bond acceptors (Lipinski definition) is 6. The summed E-state index contributed by atoms with van der Waals surface area (Å²) >= 11 is 0. The Labute approximate surface area is 173 Å². The van der Waals surface area contributed by atoms with Gasteiger partial charge in [-0.2, -0.15) is 0 Å². The summed E-state index contributed by atoms with van der Waals surface area (Å²) in [6.45, 7) is 7.57. The van der Waals surface area contributed by atoms with Gasteiger partial charge in [-0.15, -0.1) is 0 Å². The van der Waals surface area contributed by atoms with Gasteiger partial charge in [-0.05, 0) is 23.8 Å². The van der Waals surface area contributed by atoms with E-state index >= 15 is 0 Å². The van der Waals surface area contributed by atoms with Gasteiger partial charge in [-0.1, -0.05) is 58.0 Å². The van der Waals surface area contributed by atoms with Gasteiger partial charge >= 0.3 is 13.7 Å². The van der Waals surface area contributed by atoms with Crippen molar-refractivity contribution in [3.8, 4) is 0 Å². The fraction of sp³-hybridized carbons (Fsp3) is 0.600. The zero-order valence-corrected chi connectivity index (χ0v) is 18.9. The topological polar surface area (TPSA) is 103 Å². The normalized spacial score (nSPS) is 13.8. The van der Waals surface area contributed by atoms with Crippen molar-refractivity contribution in [2.24, 2.45) is 11.8 Å². The Bertz CT molecular complexity index is 687. The summed E-state index contributed by atoms with van der Waals surface area (Å²) in [5.41, 5.74) is 0.839. The van der Waals surface area contributed by atoms with E-state index in [-0.39, 0.29) is 18.4 Å². The lowest BCUT2D eigenvalue weighted by Gasteiger charge is -2.29. The van der Waals surface area contributed by atoms with Crippen molar-refractivity contribution in [3.63, 3.8) is 0 Å². The van der Waals surface area contributed by atoms with Gasteiger partial charge in [-0.25, -0.2) is 4.79 Å². The lowest BCUT2D eigenvalue weighted by Crippen LogP contribution is -2.52. The van der Waals surface area contributed by atoms with E-state index in [2.05, 4.69) is 10.6 Å². The first-order valence-corrected chi connectivity index (χ1v) is 11.2. The van der Waals surface area contributed by atoms with Gasteiger partial charge in [-0.3, -0.25) is 9.36 Å². The maximum atomic E-state index is 12.9. The van der Waals surface area contributed by atoms with E-state index in [1.54, 1.807) is 13.8 Å². The molecule has 29 heavy (non-hydrogen) atoms. The monoisotopic (exact) mass is 428 g/mol. The first-order chi connectivity index (χ1) is 13.6. The van der Waals surface area contributed by atoms with Crippen LogP contribution in [0.4, 0.5) is 4.79 Å². The molecule has 0 saturated carbocycles. The van der Waals surface area contributed by atoms with Gasteiger partial charge in [0.05, 0.1) is 0 Å². The van der Waals surface area contributed by atoms with Crippen molar-refractivity contribution in [1.82, 2.24) is 10.6 Å². The smallest absolute Gasteiger partial charge is 0.408 e. The summed E-state index contributed by atoms with van der Waals surface area (Å²) in [4.78, 5) is 25.0. The fourth-order valence-corrected chi connectivity index (χ4v) is 4.35. The van der Waals surface area contributed by atoms with Gasteiger partial charge in [0.2, 0.25) is 5.91 Å². The van der Waals surface area contributed by atoms with E-state index in [4.69, 9.17) is 13.8 Å². The minimum atomic E-state index is -3.53. The molecule has 2 atom stereocenters. The van der Waals surface area contributed by atoms with Crippen LogP contribution >= 0.6 is 7.60 Å². The minimum Gasteiger partial charge on any atom is -0.445 e. The van der Waals surface area contributed by atoms with Crippen molar-refractivity contribution in [3.05, 3.63) is 35.9 Å². The third kappa shape index (κ3) is 8.17. The van der Waals surface area contributed by atoms with Crippen LogP contribution < -0.4 is 10.6 Å². The van der Waals surface area contributed by atoms with Gasteiger partial charge < -0.3 is 24.4 Å². The zero-order chi connectivity index (χ0) is 22.0. The molecule has 164 valence electrons. The Morgan fingerprint density at radius 1 is 1.00 bits per heavy atom. The third-order valence-electron chi connectivity index (χ3n) is 4.33. The highest BCUT2D eigenvalue weighted by Crippen LogP contribution is 2.52. The Morgan fingerprint density at radius 2 is 1.59 bits per heavy atom. The Balaban J connectivity index is 2.81. The fourth-order valence-electron chi connectivity index (χ4n) is 2.72. The molecule has 0 spiro atoms. The highest BCUT2D eigenvalue weighted by atomic mass is 31.2. The number of amides is 2. The number of alkyl carbamates (subject to hydrolysis) is 1. The molecule has 9 heteroatoms. The minimum absolute atomic E-state index is 0.0949. The SMILES string of the molecule is COP(=O)(OC)C(CC(C)C)NC(=O)C(NC(=O)OCc1ccccc1)C(C)C. The van der Waals surface area contributed by atoms with Crippen LogP contribution in [0, 0.1) is 11.8 Å². The van der Waals surface area contributed by atoms with E-state index in [9.17, 15) is 14.2 Å². The molecule has 1 aromatic carbocycles. The van der Waals surface area contributed by atoms with Crippen molar-refractivity contribution < 1.29 is 27.9 Å². The first kappa shape index (κ1) is 25.1. The van der Waals surface area contributed by atoms with E-state index in [1.165, 1.54) is 14.2 Å². The van der Waals surface area contributed by atoms with E-state index < -0.39 is 31.4 Å². The number of benzene rings is 1. The molecule has 0 bridgehead atoms. The summed E-state index contributed by atoms with van der Waals surface area (Å²) in [6.07, 6.45) is -0.307. The molecule has 0 saturated heterocycles. The molecule has 1 rings (SSSR count). The maximum absolute atomic E-state index is 12.9. The molecule has 0 aliphatic heterocycles. The van der Waals surface area contributed by atoms with E-state index in [0.29, 0.717) is 6.42 Å². The Kier molecular flexibility index (Phi) is 10.4. The van der Waals surface area contributed by atoms with Crippen LogP contribution in [0.15, 0.2) is 30.3 Å². The lowest BCUT2D eigenvalue weighted by molar-refractivity contribution is -0.124. The summed E-state index contributed by atoms with van der Waals surface area (Å²) in [5, 5.41) is 5.32. The molecule has 1 aromatic rings. The standard InChI is InChI=1S/C20H33N2O6P/c1-14(2)12-17(29(25,26-5)27-6)21-19(23)18(15(3)4)22-20(24)28-13-16-10-8-7-9-11-16/h7-11,14-15,17-18H,12-13H2,1-6H3,(H,21,23)(H,22,24). The molecular formula is C20H33N2O6P. The van der Waals surface area contributed by atoms with Crippen LogP contribution in [0.2, 0.25) is 0 Å². The molecule has 8 nitrogen and oxygen atoms in total. The molecule has 2 N–H and O–H groups in total. The molecule has 0 aliphatic rings. The highest BCUT2D eigenvalue weighted by Gasteiger charge is 2.38. The number of nitrogens with one attached hydrogen (secondary N) is 2. The van der Waals surface area contributed by atoms with Crippen molar-refractivity contribution in [1.29, 1.82) is 0 Å². The number of carbonyl (C=O) groups excluding carboxylic acids is 2. The Hall–Kier alpha value is -1.89. The number of hydrogen-bond donors (Lipinski definition) is 2. The molecule has 0 radical (unpaired) electrons. The van der Waals surface area contributed by atoms with Crippen LogP contribution in [-0.4, -0.2) is 38.0 Å². The van der Waals surface area contributed by atoms with Crippen molar-refractivity contribution in [2.75, 3.05) is 14.2 Å². The van der Waals surface area contributed by atoms with E-state index in [0.717, 1.165) is 5.56 Å². The van der Waals surface area contributed by atoms with Crippen LogP contribution in [-0.2, 0) is 29.8 Å². The largest absolute Gasteiger partial charge is 0.445 e. The molecule has 0 fully saturated rings. The molecule has 2 unspecified atom stereocenters. The molecule has 0 heterocycles. The Morgan fingerprint density at radius 3 is 2.07 bits per heavy atom. The van der Waals surface area contributed by atoms with Crippen LogP contribution in [0.5, 0.6) is 0 Å².